The predicted octanol–water partition coefficient (Wildman–Crippen LogP) is 2.92. The van der Waals surface area contributed by atoms with Crippen LogP contribution in [-0.2, 0) is 0 Å². The summed E-state index contributed by atoms with van der Waals surface area (Å²) in [7, 11) is 4.14. The van der Waals surface area contributed by atoms with Gasteiger partial charge >= 0.3 is 0 Å². The second-order valence-corrected chi connectivity index (χ2v) is 5.40. The lowest BCUT2D eigenvalue weighted by Gasteiger charge is -2.23. The minimum absolute atomic E-state index is 0. The third-order valence-electron chi connectivity index (χ3n) is 3.36. The number of hydrogen-bond donors (Lipinski definition) is 2. The number of guanidine groups is 1. The lowest BCUT2D eigenvalue weighted by atomic mass is 10.0. The van der Waals surface area contributed by atoms with E-state index in [4.69, 9.17) is 5.73 Å². The molecule has 0 fully saturated rings. The van der Waals surface area contributed by atoms with E-state index < -0.39 is 0 Å². The zero-order valence-electron chi connectivity index (χ0n) is 13.6. The molecule has 0 amide bonds. The quantitative estimate of drug-likeness (QED) is 0.318. The number of aryl methyl sites for hydroxylation is 1. The molecule has 1 atom stereocenters. The van der Waals surface area contributed by atoms with Crippen molar-refractivity contribution in [2.45, 2.75) is 32.7 Å². The molecule has 3 N–H and O–H groups in total. The summed E-state index contributed by atoms with van der Waals surface area (Å²) in [5.41, 5.74) is 8.43. The van der Waals surface area contributed by atoms with Gasteiger partial charge in [-0.2, -0.15) is 0 Å². The number of halogens is 1. The number of nitrogens with two attached hydrogens (primary N) is 1. The Morgan fingerprint density at radius 1 is 1.29 bits per heavy atom. The van der Waals surface area contributed by atoms with Gasteiger partial charge in [-0.25, -0.2) is 0 Å². The van der Waals surface area contributed by atoms with Gasteiger partial charge in [-0.15, -0.1) is 24.0 Å². The standard InChI is InChI=1S/C16H28N4.HI/c1-5-6-11-18-16(17)19-12-15(20(3)4)14-9-7-13(2)8-10-14;/h7-10,15H,5-6,11-12H2,1-4H3,(H3,17,18,19);1H. The van der Waals surface area contributed by atoms with Crippen LogP contribution in [0.15, 0.2) is 29.3 Å². The van der Waals surface area contributed by atoms with E-state index in [1.807, 2.05) is 0 Å². The summed E-state index contributed by atoms with van der Waals surface area (Å²) >= 11 is 0. The molecule has 0 radical (unpaired) electrons. The van der Waals surface area contributed by atoms with Gasteiger partial charge in [-0.3, -0.25) is 4.99 Å². The van der Waals surface area contributed by atoms with E-state index in [-0.39, 0.29) is 30.0 Å². The molecular formula is C16H29IN4. The number of aliphatic imine (C=N–C) groups is 1. The zero-order valence-corrected chi connectivity index (χ0v) is 15.9. The van der Waals surface area contributed by atoms with Crippen molar-refractivity contribution in [2.75, 3.05) is 27.2 Å². The highest BCUT2D eigenvalue weighted by atomic mass is 127. The largest absolute Gasteiger partial charge is 0.370 e. The van der Waals surface area contributed by atoms with E-state index in [1.54, 1.807) is 0 Å². The Bertz CT molecular complexity index is 415. The summed E-state index contributed by atoms with van der Waals surface area (Å²) < 4.78 is 0. The minimum atomic E-state index is 0. The smallest absolute Gasteiger partial charge is 0.188 e. The molecule has 1 rings (SSSR count). The van der Waals surface area contributed by atoms with E-state index in [2.05, 4.69) is 67.4 Å². The first kappa shape index (κ1) is 20.2. The van der Waals surface area contributed by atoms with Crippen LogP contribution in [0, 0.1) is 6.92 Å². The summed E-state index contributed by atoms with van der Waals surface area (Å²) in [6.07, 6.45) is 2.27. The average Bonchev–Trinajstić information content (AvgIpc) is 2.41. The number of hydrogen-bond acceptors (Lipinski definition) is 2. The molecule has 1 aromatic carbocycles. The molecule has 0 saturated carbocycles. The van der Waals surface area contributed by atoms with Gasteiger partial charge in [-0.05, 0) is 33.0 Å². The minimum Gasteiger partial charge on any atom is -0.370 e. The highest BCUT2D eigenvalue weighted by Crippen LogP contribution is 2.18. The van der Waals surface area contributed by atoms with Crippen molar-refractivity contribution >= 4 is 29.9 Å². The van der Waals surface area contributed by atoms with E-state index in [0.29, 0.717) is 12.5 Å². The molecule has 0 aromatic heterocycles. The fourth-order valence-electron chi connectivity index (χ4n) is 1.99. The first-order valence-corrected chi connectivity index (χ1v) is 7.31. The van der Waals surface area contributed by atoms with E-state index in [0.717, 1.165) is 19.4 Å². The van der Waals surface area contributed by atoms with Crippen molar-refractivity contribution in [3.63, 3.8) is 0 Å². The van der Waals surface area contributed by atoms with E-state index >= 15 is 0 Å². The van der Waals surface area contributed by atoms with Crippen molar-refractivity contribution in [2.24, 2.45) is 10.7 Å². The van der Waals surface area contributed by atoms with Crippen molar-refractivity contribution in [1.29, 1.82) is 0 Å². The highest BCUT2D eigenvalue weighted by Gasteiger charge is 2.13. The molecule has 120 valence electrons. The molecule has 1 unspecified atom stereocenters. The van der Waals surface area contributed by atoms with Gasteiger partial charge in [0, 0.05) is 6.54 Å². The molecule has 0 bridgehead atoms. The van der Waals surface area contributed by atoms with Gasteiger partial charge in [0.05, 0.1) is 12.6 Å². The number of likely N-dealkylation sites (N-methyl/N-ethyl adjacent to an activating group) is 1. The van der Waals surface area contributed by atoms with Gasteiger partial charge in [0.15, 0.2) is 5.96 Å². The van der Waals surface area contributed by atoms with Crippen LogP contribution in [0.4, 0.5) is 0 Å². The maximum Gasteiger partial charge on any atom is 0.188 e. The summed E-state index contributed by atoms with van der Waals surface area (Å²) in [6.45, 7) is 5.82. The Balaban J connectivity index is 0.00000400. The van der Waals surface area contributed by atoms with Gasteiger partial charge in [0.1, 0.15) is 0 Å². The van der Waals surface area contributed by atoms with Crippen LogP contribution >= 0.6 is 24.0 Å². The second-order valence-electron chi connectivity index (χ2n) is 5.40. The Hall–Kier alpha value is -0.820. The second kappa shape index (κ2) is 10.8. The number of benzene rings is 1. The van der Waals surface area contributed by atoms with Crippen molar-refractivity contribution in [3.8, 4) is 0 Å². The van der Waals surface area contributed by atoms with Gasteiger partial charge in [-0.1, -0.05) is 43.2 Å². The van der Waals surface area contributed by atoms with Crippen LogP contribution in [0.2, 0.25) is 0 Å². The molecule has 0 aliphatic carbocycles. The molecule has 0 spiro atoms. The summed E-state index contributed by atoms with van der Waals surface area (Å²) in [6, 6.07) is 8.85. The summed E-state index contributed by atoms with van der Waals surface area (Å²) in [5.74, 6) is 0.539. The van der Waals surface area contributed by atoms with Gasteiger partial charge in [0.25, 0.3) is 0 Å². The Morgan fingerprint density at radius 2 is 1.90 bits per heavy atom. The molecule has 5 heteroatoms. The van der Waals surface area contributed by atoms with Crippen molar-refractivity contribution in [3.05, 3.63) is 35.4 Å². The Kier molecular flexibility index (Phi) is 10.4. The molecule has 0 saturated heterocycles. The van der Waals surface area contributed by atoms with Gasteiger partial charge < -0.3 is 16.0 Å². The highest BCUT2D eigenvalue weighted by molar-refractivity contribution is 14.0. The zero-order chi connectivity index (χ0) is 15.0. The van der Waals surface area contributed by atoms with Crippen LogP contribution in [0.5, 0.6) is 0 Å². The number of rotatable bonds is 7. The molecule has 1 aromatic rings. The maximum absolute atomic E-state index is 5.89. The average molecular weight is 404 g/mol. The van der Waals surface area contributed by atoms with E-state index in [9.17, 15) is 0 Å². The molecule has 4 nitrogen and oxygen atoms in total. The fourth-order valence-corrected chi connectivity index (χ4v) is 1.99. The first-order chi connectivity index (χ1) is 9.54. The monoisotopic (exact) mass is 404 g/mol. The van der Waals surface area contributed by atoms with E-state index in [1.165, 1.54) is 11.1 Å². The number of nitrogens with zero attached hydrogens (tertiary/aromatic N) is 2. The van der Waals surface area contributed by atoms with Crippen molar-refractivity contribution < 1.29 is 0 Å². The third kappa shape index (κ3) is 7.66. The van der Waals surface area contributed by atoms with Crippen LogP contribution in [-0.4, -0.2) is 38.0 Å². The summed E-state index contributed by atoms with van der Waals surface area (Å²) in [4.78, 5) is 6.63. The normalized spacial score (nSPS) is 12.9. The first-order valence-electron chi connectivity index (χ1n) is 7.31. The van der Waals surface area contributed by atoms with Crippen LogP contribution in [0.25, 0.3) is 0 Å². The number of unbranched alkanes of at least 4 members (excludes halogenated alkanes) is 1. The lowest BCUT2D eigenvalue weighted by Crippen LogP contribution is -2.33. The molecule has 0 aliphatic heterocycles. The number of nitrogens with one attached hydrogen (secondary N) is 1. The third-order valence-corrected chi connectivity index (χ3v) is 3.36. The van der Waals surface area contributed by atoms with Gasteiger partial charge in [0.2, 0.25) is 0 Å². The lowest BCUT2D eigenvalue weighted by molar-refractivity contribution is 0.306. The molecule has 0 aliphatic rings. The molecular weight excluding hydrogens is 375 g/mol. The molecule has 21 heavy (non-hydrogen) atoms. The Labute approximate surface area is 146 Å². The van der Waals surface area contributed by atoms with Crippen molar-refractivity contribution in [1.82, 2.24) is 10.2 Å². The topological polar surface area (TPSA) is 53.6 Å². The SMILES string of the molecule is CCCCNC(N)=NCC(c1ccc(C)cc1)N(C)C.I. The Morgan fingerprint density at radius 3 is 2.43 bits per heavy atom. The predicted molar refractivity (Wildman–Crippen MR) is 102 cm³/mol. The maximum atomic E-state index is 5.89. The fraction of sp³-hybridized carbons (Fsp3) is 0.562. The molecule has 0 heterocycles. The van der Waals surface area contributed by atoms with Crippen LogP contribution < -0.4 is 11.1 Å². The summed E-state index contributed by atoms with van der Waals surface area (Å²) in [5, 5.41) is 3.15. The van der Waals surface area contributed by atoms with Crippen LogP contribution in [0.1, 0.15) is 36.9 Å². The van der Waals surface area contributed by atoms with Crippen LogP contribution in [0.3, 0.4) is 0 Å².